The van der Waals surface area contributed by atoms with Crippen LogP contribution in [0.15, 0.2) is 24.3 Å². The first-order chi connectivity index (χ1) is 8.50. The summed E-state index contributed by atoms with van der Waals surface area (Å²) < 4.78 is 22.7. The third-order valence-electron chi connectivity index (χ3n) is 2.79. The average Bonchev–Trinajstić information content (AvgIpc) is 2.55. The molecule has 1 aromatic carbocycles. The second-order valence-corrected chi connectivity index (χ2v) is 6.39. The highest BCUT2D eigenvalue weighted by Gasteiger charge is 2.36. The summed E-state index contributed by atoms with van der Waals surface area (Å²) in [5.41, 5.74) is 1.35. The van der Waals surface area contributed by atoms with Gasteiger partial charge >= 0.3 is 0 Å². The van der Waals surface area contributed by atoms with Gasteiger partial charge in [-0.15, -0.1) is 0 Å². The normalized spacial score (nSPS) is 25.6. The zero-order valence-corrected chi connectivity index (χ0v) is 10.4. The summed E-state index contributed by atoms with van der Waals surface area (Å²) in [5.74, 6) is -0.266. The van der Waals surface area contributed by atoms with E-state index in [1.807, 2.05) is 0 Å². The number of aliphatic hydroxyl groups is 1. The first-order valence-electron chi connectivity index (χ1n) is 5.45. The molecule has 6 nitrogen and oxygen atoms in total. The number of nitrogens with one attached hydrogen (secondary N) is 2. The van der Waals surface area contributed by atoms with Gasteiger partial charge in [0.25, 0.3) is 0 Å². The Morgan fingerprint density at radius 3 is 2.28 bits per heavy atom. The maximum absolute atomic E-state index is 11.3. The van der Waals surface area contributed by atoms with Gasteiger partial charge in [0, 0.05) is 11.4 Å². The van der Waals surface area contributed by atoms with E-state index < -0.39 is 22.0 Å². The van der Waals surface area contributed by atoms with Crippen molar-refractivity contribution in [1.82, 2.24) is 0 Å². The second kappa shape index (κ2) is 4.95. The van der Waals surface area contributed by atoms with Gasteiger partial charge in [-0.05, 0) is 24.3 Å². The fourth-order valence-electron chi connectivity index (χ4n) is 1.91. The zero-order chi connectivity index (χ0) is 13.2. The molecule has 0 unspecified atom stereocenters. The first-order valence-corrected chi connectivity index (χ1v) is 7.27. The van der Waals surface area contributed by atoms with Gasteiger partial charge in [-0.25, -0.2) is 8.42 Å². The fraction of sp³-hybridized carbons (Fsp3) is 0.364. The van der Waals surface area contributed by atoms with Crippen molar-refractivity contribution in [3.63, 3.8) is 0 Å². The van der Waals surface area contributed by atoms with Crippen molar-refractivity contribution in [3.05, 3.63) is 24.3 Å². The molecule has 2 atom stereocenters. The summed E-state index contributed by atoms with van der Waals surface area (Å²) in [7, 11) is -3.15. The Morgan fingerprint density at radius 2 is 1.78 bits per heavy atom. The van der Waals surface area contributed by atoms with E-state index in [1.165, 1.54) is 0 Å². The molecule has 0 spiro atoms. The summed E-state index contributed by atoms with van der Waals surface area (Å²) in [6.45, 7) is 0. The Bertz CT molecular complexity index is 526. The monoisotopic (exact) mass is 270 g/mol. The lowest BCUT2D eigenvalue weighted by Crippen LogP contribution is -2.31. The van der Waals surface area contributed by atoms with Crippen LogP contribution in [0.4, 0.5) is 11.4 Å². The largest absolute Gasteiger partial charge is 0.390 e. The predicted octanol–water partition coefficient (Wildman–Crippen LogP) is -0.175. The van der Waals surface area contributed by atoms with Gasteiger partial charge in [-0.1, -0.05) is 0 Å². The topological polar surface area (TPSA) is 95.5 Å². The SMILES string of the molecule is O=CNc1ccc(N[C@H]2CS(=O)(=O)C[C@@H]2O)cc1. The Balaban J connectivity index is 2.03. The van der Waals surface area contributed by atoms with Crippen LogP contribution >= 0.6 is 0 Å². The third-order valence-corrected chi connectivity index (χ3v) is 4.50. The summed E-state index contributed by atoms with van der Waals surface area (Å²) in [6.07, 6.45) is -0.307. The molecule has 1 amide bonds. The number of aliphatic hydroxyl groups excluding tert-OH is 1. The van der Waals surface area contributed by atoms with E-state index in [-0.39, 0.29) is 11.5 Å². The van der Waals surface area contributed by atoms with Crippen molar-refractivity contribution in [2.75, 3.05) is 22.1 Å². The van der Waals surface area contributed by atoms with E-state index in [1.54, 1.807) is 24.3 Å². The van der Waals surface area contributed by atoms with Crippen molar-refractivity contribution in [2.24, 2.45) is 0 Å². The smallest absolute Gasteiger partial charge is 0.211 e. The Morgan fingerprint density at radius 1 is 1.17 bits per heavy atom. The van der Waals surface area contributed by atoms with Crippen molar-refractivity contribution in [2.45, 2.75) is 12.1 Å². The van der Waals surface area contributed by atoms with Gasteiger partial charge in [0.1, 0.15) is 0 Å². The number of carbonyl (C=O) groups excluding carboxylic acids is 1. The van der Waals surface area contributed by atoms with Crippen molar-refractivity contribution >= 4 is 27.6 Å². The Hall–Kier alpha value is -1.60. The first kappa shape index (κ1) is 12.8. The van der Waals surface area contributed by atoms with E-state index in [2.05, 4.69) is 10.6 Å². The van der Waals surface area contributed by atoms with Gasteiger partial charge in [-0.2, -0.15) is 0 Å². The maximum Gasteiger partial charge on any atom is 0.211 e. The molecule has 7 heteroatoms. The van der Waals surface area contributed by atoms with Crippen LogP contribution in [0.2, 0.25) is 0 Å². The summed E-state index contributed by atoms with van der Waals surface area (Å²) in [6, 6.07) is 6.31. The van der Waals surface area contributed by atoms with E-state index in [0.29, 0.717) is 17.8 Å². The van der Waals surface area contributed by atoms with Crippen molar-refractivity contribution < 1.29 is 18.3 Å². The van der Waals surface area contributed by atoms with Crippen LogP contribution in [0.5, 0.6) is 0 Å². The lowest BCUT2D eigenvalue weighted by molar-refractivity contribution is -0.105. The Labute approximate surface area is 105 Å². The molecule has 1 aliphatic heterocycles. The number of anilines is 2. The van der Waals surface area contributed by atoms with Gasteiger partial charge in [-0.3, -0.25) is 4.79 Å². The molecule has 98 valence electrons. The number of rotatable bonds is 4. The van der Waals surface area contributed by atoms with Crippen LogP contribution in [-0.2, 0) is 14.6 Å². The fourth-order valence-corrected chi connectivity index (χ4v) is 3.65. The molecule has 1 aliphatic rings. The highest BCUT2D eigenvalue weighted by molar-refractivity contribution is 7.91. The number of sulfone groups is 1. The standard InChI is InChI=1S/C11H14N2O4S/c14-7-12-8-1-3-9(4-2-8)13-10-5-18(16,17)6-11(10)15/h1-4,7,10-11,13,15H,5-6H2,(H,12,14)/t10-,11-/m0/s1. The van der Waals surface area contributed by atoms with Gasteiger partial charge in [0.05, 0.1) is 23.7 Å². The van der Waals surface area contributed by atoms with E-state index in [0.717, 1.165) is 0 Å². The molecule has 1 fully saturated rings. The van der Waals surface area contributed by atoms with Crippen LogP contribution in [0, 0.1) is 0 Å². The lowest BCUT2D eigenvalue weighted by Gasteiger charge is -2.16. The predicted molar refractivity (Wildman–Crippen MR) is 68.2 cm³/mol. The quantitative estimate of drug-likeness (QED) is 0.660. The molecule has 18 heavy (non-hydrogen) atoms. The highest BCUT2D eigenvalue weighted by Crippen LogP contribution is 2.19. The number of carbonyl (C=O) groups is 1. The maximum atomic E-state index is 11.3. The van der Waals surface area contributed by atoms with Crippen molar-refractivity contribution in [1.29, 1.82) is 0 Å². The molecule has 0 radical (unpaired) electrons. The lowest BCUT2D eigenvalue weighted by atomic mass is 10.2. The van der Waals surface area contributed by atoms with E-state index in [4.69, 9.17) is 0 Å². The van der Waals surface area contributed by atoms with Gasteiger partial charge in [0.15, 0.2) is 9.84 Å². The zero-order valence-electron chi connectivity index (χ0n) is 9.54. The minimum Gasteiger partial charge on any atom is -0.390 e. The molecule has 1 heterocycles. The minimum atomic E-state index is -3.15. The molecule has 3 N–H and O–H groups in total. The molecule has 0 bridgehead atoms. The van der Waals surface area contributed by atoms with Crippen LogP contribution in [0.1, 0.15) is 0 Å². The van der Waals surface area contributed by atoms with E-state index >= 15 is 0 Å². The van der Waals surface area contributed by atoms with Gasteiger partial charge < -0.3 is 15.7 Å². The molecular formula is C11H14N2O4S. The number of hydrogen-bond donors (Lipinski definition) is 3. The minimum absolute atomic E-state index is 0.0670. The summed E-state index contributed by atoms with van der Waals surface area (Å²) in [5, 5.41) is 15.1. The molecule has 0 saturated carbocycles. The molecule has 2 rings (SSSR count). The average molecular weight is 270 g/mol. The molecule has 0 aromatic heterocycles. The number of hydrogen-bond acceptors (Lipinski definition) is 5. The number of amides is 1. The molecule has 0 aliphatic carbocycles. The van der Waals surface area contributed by atoms with Crippen molar-refractivity contribution in [3.8, 4) is 0 Å². The second-order valence-electron chi connectivity index (χ2n) is 4.23. The molecule has 1 aromatic rings. The van der Waals surface area contributed by atoms with Crippen LogP contribution in [0.3, 0.4) is 0 Å². The van der Waals surface area contributed by atoms with Crippen LogP contribution in [0.25, 0.3) is 0 Å². The highest BCUT2D eigenvalue weighted by atomic mass is 32.2. The van der Waals surface area contributed by atoms with E-state index in [9.17, 15) is 18.3 Å². The molecular weight excluding hydrogens is 256 g/mol. The Kier molecular flexibility index (Phi) is 3.53. The van der Waals surface area contributed by atoms with Crippen LogP contribution in [-0.4, -0.2) is 43.6 Å². The van der Waals surface area contributed by atoms with Gasteiger partial charge in [0.2, 0.25) is 6.41 Å². The van der Waals surface area contributed by atoms with Crippen LogP contribution < -0.4 is 10.6 Å². The summed E-state index contributed by atoms with van der Waals surface area (Å²) in [4.78, 5) is 10.2. The summed E-state index contributed by atoms with van der Waals surface area (Å²) >= 11 is 0. The third kappa shape index (κ3) is 2.99. The number of benzene rings is 1. The molecule has 1 saturated heterocycles.